The van der Waals surface area contributed by atoms with Gasteiger partial charge in [0, 0.05) is 10.9 Å². The lowest BCUT2D eigenvalue weighted by Crippen LogP contribution is -2.14. The summed E-state index contributed by atoms with van der Waals surface area (Å²) in [6.45, 7) is 0. The molecular weight excluding hydrogens is 273 g/mol. The lowest BCUT2D eigenvalue weighted by atomic mass is 10.1. The molecule has 0 unspecified atom stereocenters. The maximum atomic E-state index is 12.3. The molecule has 0 aromatic heterocycles. The van der Waals surface area contributed by atoms with E-state index in [-0.39, 0.29) is 12.3 Å². The Morgan fingerprint density at radius 1 is 1.40 bits per heavy atom. The van der Waals surface area contributed by atoms with Gasteiger partial charge in [0.25, 0.3) is 0 Å². The van der Waals surface area contributed by atoms with E-state index in [2.05, 4.69) is 15.9 Å². The number of hydrogen-bond donors (Lipinski definition) is 2. The van der Waals surface area contributed by atoms with Crippen molar-refractivity contribution in [1.82, 2.24) is 0 Å². The molecule has 82 valence electrons. The summed E-state index contributed by atoms with van der Waals surface area (Å²) in [5.41, 5.74) is 4.76. The maximum absolute atomic E-state index is 12.3. The van der Waals surface area contributed by atoms with Crippen LogP contribution in [0.25, 0.3) is 0 Å². The Morgan fingerprint density at radius 2 is 2.00 bits per heavy atom. The summed E-state index contributed by atoms with van der Waals surface area (Å²) in [5.74, 6) is -0.171. The quantitative estimate of drug-likeness (QED) is 0.635. The van der Waals surface area contributed by atoms with Crippen LogP contribution in [0.1, 0.15) is 11.1 Å². The summed E-state index contributed by atoms with van der Waals surface area (Å²) >= 11 is 3.11. The van der Waals surface area contributed by atoms with Gasteiger partial charge in [-0.3, -0.25) is 5.41 Å². The van der Waals surface area contributed by atoms with Crippen molar-refractivity contribution in [2.75, 3.05) is 0 Å². The number of benzene rings is 1. The summed E-state index contributed by atoms with van der Waals surface area (Å²) < 4.78 is 37.5. The van der Waals surface area contributed by atoms with E-state index < -0.39 is 11.7 Å². The molecule has 0 aliphatic carbocycles. The minimum Gasteiger partial charge on any atom is -0.387 e. The normalized spacial score (nSPS) is 11.5. The molecule has 0 heterocycles. The first-order chi connectivity index (χ1) is 6.80. The van der Waals surface area contributed by atoms with Gasteiger partial charge < -0.3 is 5.73 Å². The van der Waals surface area contributed by atoms with Gasteiger partial charge in [-0.05, 0) is 23.8 Å². The fourth-order valence-electron chi connectivity index (χ4n) is 1.09. The zero-order chi connectivity index (χ0) is 11.6. The summed E-state index contributed by atoms with van der Waals surface area (Å²) in [6, 6.07) is 3.28. The molecule has 3 N–H and O–H groups in total. The molecule has 0 saturated heterocycles. The van der Waals surface area contributed by atoms with Crippen LogP contribution in [0.4, 0.5) is 13.2 Å². The second-order valence-electron chi connectivity index (χ2n) is 3.01. The van der Waals surface area contributed by atoms with Crippen LogP contribution in [0.2, 0.25) is 0 Å². The van der Waals surface area contributed by atoms with Crippen LogP contribution in [0.15, 0.2) is 22.7 Å². The summed E-state index contributed by atoms with van der Waals surface area (Å²) in [6.07, 6.45) is -4.36. The van der Waals surface area contributed by atoms with Crippen LogP contribution >= 0.6 is 15.9 Å². The highest BCUT2D eigenvalue weighted by Crippen LogP contribution is 2.31. The fourth-order valence-corrected chi connectivity index (χ4v) is 1.48. The van der Waals surface area contributed by atoms with Gasteiger partial charge in [0.15, 0.2) is 0 Å². The van der Waals surface area contributed by atoms with Crippen LogP contribution in [-0.2, 0) is 12.6 Å². The number of nitrogens with one attached hydrogen (secondary N) is 1. The molecule has 0 bridgehead atoms. The number of rotatable bonds is 2. The second kappa shape index (κ2) is 4.22. The van der Waals surface area contributed by atoms with Gasteiger partial charge in [-0.2, -0.15) is 13.2 Å². The van der Waals surface area contributed by atoms with E-state index in [9.17, 15) is 13.2 Å². The third-order valence-electron chi connectivity index (χ3n) is 1.75. The molecule has 0 aliphatic rings. The predicted molar refractivity (Wildman–Crippen MR) is 54.8 cm³/mol. The van der Waals surface area contributed by atoms with E-state index in [1.54, 1.807) is 0 Å². The van der Waals surface area contributed by atoms with Crippen LogP contribution in [0, 0.1) is 5.41 Å². The van der Waals surface area contributed by atoms with Gasteiger partial charge >= 0.3 is 6.18 Å². The molecule has 1 aromatic carbocycles. The molecule has 0 spiro atoms. The molecule has 0 radical (unpaired) electrons. The fraction of sp³-hybridized carbons (Fsp3) is 0.222. The molecule has 1 rings (SSSR count). The molecule has 0 fully saturated rings. The third-order valence-corrected chi connectivity index (χ3v) is 2.53. The smallest absolute Gasteiger partial charge is 0.387 e. The number of alkyl halides is 3. The van der Waals surface area contributed by atoms with Crippen LogP contribution in [-0.4, -0.2) is 5.84 Å². The number of nitrogens with two attached hydrogens (primary N) is 1. The van der Waals surface area contributed by atoms with Crippen LogP contribution < -0.4 is 5.73 Å². The van der Waals surface area contributed by atoms with E-state index in [0.717, 1.165) is 12.1 Å². The monoisotopic (exact) mass is 280 g/mol. The predicted octanol–water partition coefficient (Wildman–Crippen LogP) is 2.95. The largest absolute Gasteiger partial charge is 0.416 e. The molecule has 0 aliphatic heterocycles. The van der Waals surface area contributed by atoms with E-state index in [1.807, 2.05) is 0 Å². The third kappa shape index (κ3) is 3.23. The highest BCUT2D eigenvalue weighted by Gasteiger charge is 2.30. The Balaban J connectivity index is 3.11. The van der Waals surface area contributed by atoms with Crippen molar-refractivity contribution in [2.45, 2.75) is 12.6 Å². The number of amidine groups is 1. The SMILES string of the molecule is N=C(N)Cc1cc(C(F)(F)F)ccc1Br. The van der Waals surface area contributed by atoms with E-state index in [4.69, 9.17) is 11.1 Å². The van der Waals surface area contributed by atoms with Crippen LogP contribution in [0.5, 0.6) is 0 Å². The van der Waals surface area contributed by atoms with Crippen molar-refractivity contribution in [3.05, 3.63) is 33.8 Å². The maximum Gasteiger partial charge on any atom is 0.416 e. The van der Waals surface area contributed by atoms with E-state index >= 15 is 0 Å². The number of hydrogen-bond acceptors (Lipinski definition) is 1. The van der Waals surface area contributed by atoms with Crippen molar-refractivity contribution >= 4 is 21.8 Å². The van der Waals surface area contributed by atoms with Crippen molar-refractivity contribution < 1.29 is 13.2 Å². The summed E-state index contributed by atoms with van der Waals surface area (Å²) in [4.78, 5) is 0. The molecule has 0 amide bonds. The Morgan fingerprint density at radius 3 is 2.47 bits per heavy atom. The Kier molecular flexibility index (Phi) is 3.38. The molecule has 6 heteroatoms. The van der Waals surface area contributed by atoms with Gasteiger partial charge in [0.05, 0.1) is 11.4 Å². The zero-order valence-electron chi connectivity index (χ0n) is 7.53. The average Bonchev–Trinajstić information content (AvgIpc) is 2.06. The van der Waals surface area contributed by atoms with Gasteiger partial charge in [-0.15, -0.1) is 0 Å². The number of halogens is 4. The molecule has 2 nitrogen and oxygen atoms in total. The van der Waals surface area contributed by atoms with Crippen molar-refractivity contribution in [2.24, 2.45) is 5.73 Å². The summed E-state index contributed by atoms with van der Waals surface area (Å²) in [7, 11) is 0. The molecule has 1 aromatic rings. The van der Waals surface area contributed by atoms with Crippen molar-refractivity contribution in [3.8, 4) is 0 Å². The minimum absolute atomic E-state index is 0.00447. The van der Waals surface area contributed by atoms with Gasteiger partial charge in [0.2, 0.25) is 0 Å². The second-order valence-corrected chi connectivity index (χ2v) is 3.86. The van der Waals surface area contributed by atoms with Gasteiger partial charge in [-0.1, -0.05) is 15.9 Å². The standard InChI is InChI=1S/C9H8BrF3N2/c10-7-2-1-6(9(11,12)13)3-5(7)4-8(14)15/h1-3H,4H2,(H3,14,15). The first-order valence-electron chi connectivity index (χ1n) is 3.99. The Hall–Kier alpha value is -1.04. The van der Waals surface area contributed by atoms with Gasteiger partial charge in [0.1, 0.15) is 0 Å². The Labute approximate surface area is 92.9 Å². The molecular formula is C9H8BrF3N2. The van der Waals surface area contributed by atoms with E-state index in [1.165, 1.54) is 6.07 Å². The highest BCUT2D eigenvalue weighted by molar-refractivity contribution is 9.10. The molecule has 0 atom stereocenters. The van der Waals surface area contributed by atoms with Crippen LogP contribution in [0.3, 0.4) is 0 Å². The average molecular weight is 281 g/mol. The first-order valence-corrected chi connectivity index (χ1v) is 4.78. The minimum atomic E-state index is -4.37. The highest BCUT2D eigenvalue weighted by atomic mass is 79.9. The first kappa shape index (κ1) is 12.0. The van der Waals surface area contributed by atoms with Crippen molar-refractivity contribution in [1.29, 1.82) is 5.41 Å². The zero-order valence-corrected chi connectivity index (χ0v) is 9.11. The lowest BCUT2D eigenvalue weighted by Gasteiger charge is -2.10. The topological polar surface area (TPSA) is 49.9 Å². The van der Waals surface area contributed by atoms with E-state index in [0.29, 0.717) is 10.0 Å². The van der Waals surface area contributed by atoms with Gasteiger partial charge in [-0.25, -0.2) is 0 Å². The van der Waals surface area contributed by atoms with Crippen molar-refractivity contribution in [3.63, 3.8) is 0 Å². The molecule has 15 heavy (non-hydrogen) atoms. The lowest BCUT2D eigenvalue weighted by molar-refractivity contribution is -0.137. The Bertz CT molecular complexity index is 387. The molecule has 0 saturated carbocycles. The summed E-state index contributed by atoms with van der Waals surface area (Å²) in [5, 5.41) is 7.03.